The van der Waals surface area contributed by atoms with Gasteiger partial charge in [0.1, 0.15) is 6.04 Å². The number of carbonyl (C=O) groups is 1. The first-order chi connectivity index (χ1) is 9.16. The van der Waals surface area contributed by atoms with Gasteiger partial charge < -0.3 is 15.4 Å². The van der Waals surface area contributed by atoms with Crippen molar-refractivity contribution in [1.82, 2.24) is 10.6 Å². The number of hydrogen-bond donors (Lipinski definition) is 2. The molecule has 1 fully saturated rings. The molecule has 0 aromatic heterocycles. The molecule has 2 N–H and O–H groups in total. The number of carbonyl (C=O) groups excluding carboxylic acids is 1. The molecule has 4 heteroatoms. The molecule has 0 spiro atoms. The van der Waals surface area contributed by atoms with E-state index in [1.54, 1.807) is 0 Å². The van der Waals surface area contributed by atoms with E-state index >= 15 is 0 Å². The summed E-state index contributed by atoms with van der Waals surface area (Å²) in [6.45, 7) is 6.76. The van der Waals surface area contributed by atoms with Crippen molar-refractivity contribution >= 4 is 5.91 Å². The molecular weight excluding hydrogens is 240 g/mol. The molecule has 2 rings (SSSR count). The third kappa shape index (κ3) is 4.04. The highest BCUT2D eigenvalue weighted by atomic mass is 16.5. The lowest BCUT2D eigenvalue weighted by atomic mass is 10.0. The predicted octanol–water partition coefficient (Wildman–Crippen LogP) is 0.951. The Bertz CT molecular complexity index is 440. The third-order valence-electron chi connectivity index (χ3n) is 3.44. The van der Waals surface area contributed by atoms with Crippen LogP contribution in [-0.2, 0) is 16.0 Å². The number of aryl methyl sites for hydroxylation is 2. The van der Waals surface area contributed by atoms with Gasteiger partial charge in [0.2, 0.25) is 5.91 Å². The highest BCUT2D eigenvalue weighted by Gasteiger charge is 2.20. The second-order valence-electron chi connectivity index (χ2n) is 5.05. The Morgan fingerprint density at radius 3 is 3.05 bits per heavy atom. The molecule has 1 aliphatic heterocycles. The van der Waals surface area contributed by atoms with Crippen LogP contribution in [0.15, 0.2) is 18.2 Å². The van der Waals surface area contributed by atoms with Crippen molar-refractivity contribution in [3.05, 3.63) is 34.9 Å². The minimum absolute atomic E-state index is 0.0324. The van der Waals surface area contributed by atoms with Crippen molar-refractivity contribution < 1.29 is 9.53 Å². The molecule has 1 unspecified atom stereocenters. The maximum atomic E-state index is 11.9. The average Bonchev–Trinajstić information content (AvgIpc) is 2.43. The van der Waals surface area contributed by atoms with Crippen LogP contribution in [0.4, 0.5) is 0 Å². The third-order valence-corrected chi connectivity index (χ3v) is 3.44. The Hall–Kier alpha value is -1.39. The lowest BCUT2D eigenvalue weighted by molar-refractivity contribution is -0.125. The van der Waals surface area contributed by atoms with Gasteiger partial charge >= 0.3 is 0 Å². The summed E-state index contributed by atoms with van der Waals surface area (Å²) in [5.74, 6) is 0.0324. The van der Waals surface area contributed by atoms with Gasteiger partial charge in [0, 0.05) is 13.1 Å². The summed E-state index contributed by atoms with van der Waals surface area (Å²) in [6.07, 6.45) is 0.868. The van der Waals surface area contributed by atoms with Crippen molar-refractivity contribution in [2.45, 2.75) is 26.3 Å². The second kappa shape index (κ2) is 6.68. The van der Waals surface area contributed by atoms with Crippen LogP contribution in [0.1, 0.15) is 16.7 Å². The number of hydrogen-bond acceptors (Lipinski definition) is 3. The number of benzene rings is 1. The quantitative estimate of drug-likeness (QED) is 0.849. The number of nitrogens with one attached hydrogen (secondary N) is 2. The molecule has 1 aliphatic rings. The SMILES string of the molecule is Cc1ccc(C)c(CCNC(=O)C2COCCN2)c1. The standard InChI is InChI=1S/C15H22N2O2/c1-11-3-4-12(2)13(9-11)5-6-17-15(18)14-10-19-8-7-16-14/h3-4,9,14,16H,5-8,10H2,1-2H3,(H,17,18). The van der Waals surface area contributed by atoms with Crippen molar-refractivity contribution in [3.63, 3.8) is 0 Å². The first-order valence-electron chi connectivity index (χ1n) is 6.82. The molecule has 0 bridgehead atoms. The molecule has 1 amide bonds. The number of ether oxygens (including phenoxy) is 1. The molecule has 1 atom stereocenters. The molecule has 19 heavy (non-hydrogen) atoms. The maximum absolute atomic E-state index is 11.9. The van der Waals surface area contributed by atoms with Gasteiger partial charge in [-0.3, -0.25) is 4.79 Å². The molecule has 1 aromatic carbocycles. The first kappa shape index (κ1) is 14.0. The van der Waals surface area contributed by atoms with Crippen LogP contribution in [0.3, 0.4) is 0 Å². The Labute approximate surface area is 114 Å². The summed E-state index contributed by atoms with van der Waals surface area (Å²) >= 11 is 0. The first-order valence-corrected chi connectivity index (χ1v) is 6.82. The summed E-state index contributed by atoms with van der Waals surface area (Å²) in [5, 5.41) is 6.12. The van der Waals surface area contributed by atoms with Gasteiger partial charge in [-0.15, -0.1) is 0 Å². The largest absolute Gasteiger partial charge is 0.378 e. The average molecular weight is 262 g/mol. The molecule has 0 aliphatic carbocycles. The lowest BCUT2D eigenvalue weighted by Crippen LogP contribution is -2.51. The van der Waals surface area contributed by atoms with Crippen molar-refractivity contribution in [2.75, 3.05) is 26.3 Å². The van der Waals surface area contributed by atoms with Gasteiger partial charge in [-0.05, 0) is 31.4 Å². The van der Waals surface area contributed by atoms with Gasteiger partial charge in [-0.25, -0.2) is 0 Å². The molecule has 1 aromatic rings. The Kier molecular flexibility index (Phi) is 4.93. The van der Waals surface area contributed by atoms with Gasteiger partial charge in [-0.1, -0.05) is 23.8 Å². The lowest BCUT2D eigenvalue weighted by Gasteiger charge is -2.22. The van der Waals surface area contributed by atoms with E-state index in [-0.39, 0.29) is 11.9 Å². The van der Waals surface area contributed by atoms with Crippen LogP contribution in [0.2, 0.25) is 0 Å². The van der Waals surface area contributed by atoms with Gasteiger partial charge in [-0.2, -0.15) is 0 Å². The Morgan fingerprint density at radius 1 is 1.47 bits per heavy atom. The fraction of sp³-hybridized carbons (Fsp3) is 0.533. The van der Waals surface area contributed by atoms with Crippen molar-refractivity contribution in [2.24, 2.45) is 0 Å². The Balaban J connectivity index is 1.79. The minimum Gasteiger partial charge on any atom is -0.378 e. The van der Waals surface area contributed by atoms with Crippen molar-refractivity contribution in [1.29, 1.82) is 0 Å². The smallest absolute Gasteiger partial charge is 0.239 e. The molecule has 0 saturated carbocycles. The molecule has 4 nitrogen and oxygen atoms in total. The molecule has 0 radical (unpaired) electrons. The highest BCUT2D eigenvalue weighted by molar-refractivity contribution is 5.81. The summed E-state index contributed by atoms with van der Waals surface area (Å²) in [5.41, 5.74) is 3.83. The van der Waals surface area contributed by atoms with Crippen LogP contribution >= 0.6 is 0 Å². The number of morpholine rings is 1. The predicted molar refractivity (Wildman–Crippen MR) is 75.2 cm³/mol. The highest BCUT2D eigenvalue weighted by Crippen LogP contribution is 2.10. The molecular formula is C15H22N2O2. The summed E-state index contributed by atoms with van der Waals surface area (Å²) in [7, 11) is 0. The zero-order chi connectivity index (χ0) is 13.7. The zero-order valence-corrected chi connectivity index (χ0v) is 11.7. The second-order valence-corrected chi connectivity index (χ2v) is 5.05. The van der Waals surface area contributed by atoms with Crippen LogP contribution in [0.5, 0.6) is 0 Å². The zero-order valence-electron chi connectivity index (χ0n) is 11.7. The van der Waals surface area contributed by atoms with Gasteiger partial charge in [0.05, 0.1) is 13.2 Å². The van der Waals surface area contributed by atoms with E-state index in [0.717, 1.165) is 13.0 Å². The van der Waals surface area contributed by atoms with Crippen LogP contribution < -0.4 is 10.6 Å². The normalized spacial score (nSPS) is 19.2. The maximum Gasteiger partial charge on any atom is 0.239 e. The van der Waals surface area contributed by atoms with Crippen molar-refractivity contribution in [3.8, 4) is 0 Å². The van der Waals surface area contributed by atoms with E-state index in [2.05, 4.69) is 42.7 Å². The fourth-order valence-electron chi connectivity index (χ4n) is 2.25. The number of amides is 1. The summed E-state index contributed by atoms with van der Waals surface area (Å²) in [4.78, 5) is 11.9. The summed E-state index contributed by atoms with van der Waals surface area (Å²) in [6, 6.07) is 6.22. The molecule has 1 heterocycles. The van der Waals surface area contributed by atoms with E-state index in [9.17, 15) is 4.79 Å². The van der Waals surface area contributed by atoms with E-state index in [1.165, 1.54) is 16.7 Å². The monoisotopic (exact) mass is 262 g/mol. The van der Waals surface area contributed by atoms with Crippen LogP contribution in [-0.4, -0.2) is 38.3 Å². The summed E-state index contributed by atoms with van der Waals surface area (Å²) < 4.78 is 5.28. The number of rotatable bonds is 4. The minimum atomic E-state index is -0.202. The molecule has 104 valence electrons. The molecule has 1 saturated heterocycles. The van der Waals surface area contributed by atoms with E-state index in [1.807, 2.05) is 0 Å². The van der Waals surface area contributed by atoms with Crippen LogP contribution in [0.25, 0.3) is 0 Å². The van der Waals surface area contributed by atoms with E-state index in [0.29, 0.717) is 19.8 Å². The topological polar surface area (TPSA) is 50.4 Å². The van der Waals surface area contributed by atoms with E-state index < -0.39 is 0 Å². The van der Waals surface area contributed by atoms with E-state index in [4.69, 9.17) is 4.74 Å². The van der Waals surface area contributed by atoms with Gasteiger partial charge in [0.15, 0.2) is 0 Å². The Morgan fingerprint density at radius 2 is 2.32 bits per heavy atom. The van der Waals surface area contributed by atoms with Gasteiger partial charge in [0.25, 0.3) is 0 Å². The van der Waals surface area contributed by atoms with Crippen LogP contribution in [0, 0.1) is 13.8 Å². The fourth-order valence-corrected chi connectivity index (χ4v) is 2.25.